The molecule has 0 fully saturated rings. The van der Waals surface area contributed by atoms with Crippen LogP contribution in [0, 0.1) is 11.3 Å². The van der Waals surface area contributed by atoms with Crippen molar-refractivity contribution in [2.45, 2.75) is 27.2 Å². The molecule has 1 atom stereocenters. The summed E-state index contributed by atoms with van der Waals surface area (Å²) in [6.45, 7) is 6.62. The third-order valence-electron chi connectivity index (χ3n) is 2.10. The number of nitrogens with two attached hydrogens (primary N) is 1. The summed E-state index contributed by atoms with van der Waals surface area (Å²) in [6, 6.07) is 0. The second-order valence-corrected chi connectivity index (χ2v) is 5.76. The van der Waals surface area contributed by atoms with Crippen LogP contribution in [-0.4, -0.2) is 22.6 Å². The van der Waals surface area contributed by atoms with Gasteiger partial charge >= 0.3 is 0 Å². The average Bonchev–Trinajstić information content (AvgIpc) is 2.65. The fraction of sp³-hybridized carbons (Fsp3) is 0.700. The third-order valence-corrected chi connectivity index (χ3v) is 2.71. The van der Waals surface area contributed by atoms with Gasteiger partial charge in [0.05, 0.1) is 5.92 Å². The van der Waals surface area contributed by atoms with Crippen molar-refractivity contribution in [2.24, 2.45) is 17.1 Å². The van der Waals surface area contributed by atoms with Gasteiger partial charge in [-0.25, -0.2) is 0 Å². The predicted molar refractivity (Wildman–Crippen MR) is 65.2 cm³/mol. The van der Waals surface area contributed by atoms with Gasteiger partial charge in [-0.2, -0.15) is 0 Å². The molecule has 16 heavy (non-hydrogen) atoms. The summed E-state index contributed by atoms with van der Waals surface area (Å²) in [4.78, 5) is 11.9. The van der Waals surface area contributed by atoms with Gasteiger partial charge in [0.2, 0.25) is 11.0 Å². The van der Waals surface area contributed by atoms with Crippen molar-refractivity contribution in [3.8, 4) is 0 Å². The van der Waals surface area contributed by atoms with E-state index in [9.17, 15) is 4.79 Å². The van der Waals surface area contributed by atoms with Gasteiger partial charge in [-0.05, 0) is 11.8 Å². The highest BCUT2D eigenvalue weighted by Crippen LogP contribution is 2.24. The van der Waals surface area contributed by atoms with Crippen LogP contribution in [0.15, 0.2) is 5.51 Å². The Labute approximate surface area is 99.5 Å². The van der Waals surface area contributed by atoms with Gasteiger partial charge < -0.3 is 11.1 Å². The quantitative estimate of drug-likeness (QED) is 0.838. The van der Waals surface area contributed by atoms with E-state index in [2.05, 4.69) is 36.3 Å². The van der Waals surface area contributed by atoms with Crippen LogP contribution in [0.1, 0.15) is 27.2 Å². The van der Waals surface area contributed by atoms with Crippen molar-refractivity contribution in [3.63, 3.8) is 0 Å². The molecule has 0 spiro atoms. The number of rotatable bonds is 4. The fourth-order valence-corrected chi connectivity index (χ4v) is 1.91. The number of aromatic nitrogens is 2. The lowest BCUT2D eigenvalue weighted by molar-refractivity contribution is -0.120. The Balaban J connectivity index is 2.56. The van der Waals surface area contributed by atoms with Crippen molar-refractivity contribution in [1.29, 1.82) is 0 Å². The molecule has 1 unspecified atom stereocenters. The molecule has 1 rings (SSSR count). The zero-order valence-electron chi connectivity index (χ0n) is 9.86. The maximum atomic E-state index is 11.9. The molecule has 1 aromatic heterocycles. The molecule has 0 aliphatic carbocycles. The summed E-state index contributed by atoms with van der Waals surface area (Å²) in [5.41, 5.74) is 7.28. The van der Waals surface area contributed by atoms with E-state index < -0.39 is 0 Å². The van der Waals surface area contributed by atoms with Crippen molar-refractivity contribution in [3.05, 3.63) is 5.51 Å². The fourth-order valence-electron chi connectivity index (χ4n) is 1.46. The van der Waals surface area contributed by atoms with Crippen LogP contribution in [0.2, 0.25) is 0 Å². The Morgan fingerprint density at radius 1 is 1.62 bits per heavy atom. The van der Waals surface area contributed by atoms with E-state index in [4.69, 9.17) is 5.73 Å². The summed E-state index contributed by atoms with van der Waals surface area (Å²) < 4.78 is 0. The zero-order chi connectivity index (χ0) is 12.2. The SMILES string of the molecule is CC(C)(C)CC(CN)C(=O)Nc1nncs1. The van der Waals surface area contributed by atoms with Gasteiger partial charge in [0.1, 0.15) is 5.51 Å². The van der Waals surface area contributed by atoms with Crippen LogP contribution in [0.25, 0.3) is 0 Å². The third kappa shape index (κ3) is 4.24. The number of amides is 1. The van der Waals surface area contributed by atoms with Crippen molar-refractivity contribution < 1.29 is 4.79 Å². The standard InChI is InChI=1S/C10H18N4OS/c1-10(2,3)4-7(5-11)8(15)13-9-14-12-6-16-9/h6-7H,4-5,11H2,1-3H3,(H,13,14,15). The van der Waals surface area contributed by atoms with Crippen LogP contribution >= 0.6 is 11.3 Å². The summed E-state index contributed by atoms with van der Waals surface area (Å²) in [6.07, 6.45) is 0.758. The normalized spacial score (nSPS) is 13.5. The molecule has 5 nitrogen and oxygen atoms in total. The zero-order valence-corrected chi connectivity index (χ0v) is 10.7. The minimum Gasteiger partial charge on any atom is -0.330 e. The monoisotopic (exact) mass is 242 g/mol. The molecule has 0 aromatic carbocycles. The first-order chi connectivity index (χ1) is 7.42. The highest BCUT2D eigenvalue weighted by Gasteiger charge is 2.24. The van der Waals surface area contributed by atoms with Gasteiger partial charge in [0, 0.05) is 6.54 Å². The summed E-state index contributed by atoms with van der Waals surface area (Å²) in [7, 11) is 0. The highest BCUT2D eigenvalue weighted by molar-refractivity contribution is 7.13. The van der Waals surface area contributed by atoms with Gasteiger partial charge in [-0.1, -0.05) is 32.1 Å². The molecule has 0 aliphatic rings. The number of carbonyl (C=O) groups excluding carboxylic acids is 1. The van der Waals surface area contributed by atoms with Gasteiger partial charge in [-0.3, -0.25) is 4.79 Å². The van der Waals surface area contributed by atoms with E-state index >= 15 is 0 Å². The molecule has 3 N–H and O–H groups in total. The molecule has 1 aromatic rings. The molecule has 0 radical (unpaired) electrons. The van der Waals surface area contributed by atoms with Crippen molar-refractivity contribution in [1.82, 2.24) is 10.2 Å². The largest absolute Gasteiger partial charge is 0.330 e. The molecule has 6 heteroatoms. The minimum absolute atomic E-state index is 0.0748. The molecule has 90 valence electrons. The number of carbonyl (C=O) groups is 1. The summed E-state index contributed by atoms with van der Waals surface area (Å²) in [5.74, 6) is -0.252. The number of hydrogen-bond acceptors (Lipinski definition) is 5. The van der Waals surface area contributed by atoms with E-state index in [0.29, 0.717) is 11.7 Å². The smallest absolute Gasteiger partial charge is 0.230 e. The number of hydrogen-bond donors (Lipinski definition) is 2. The van der Waals surface area contributed by atoms with E-state index in [1.54, 1.807) is 5.51 Å². The molecule has 0 bridgehead atoms. The number of nitrogens with one attached hydrogen (secondary N) is 1. The van der Waals surface area contributed by atoms with Crippen LogP contribution in [0.4, 0.5) is 5.13 Å². The Morgan fingerprint density at radius 2 is 2.31 bits per heavy atom. The van der Waals surface area contributed by atoms with Gasteiger partial charge in [0.25, 0.3) is 0 Å². The van der Waals surface area contributed by atoms with Gasteiger partial charge in [0.15, 0.2) is 0 Å². The maximum absolute atomic E-state index is 11.9. The van der Waals surface area contributed by atoms with Crippen LogP contribution in [-0.2, 0) is 4.79 Å². The van der Waals surface area contributed by atoms with Gasteiger partial charge in [-0.15, -0.1) is 10.2 Å². The van der Waals surface area contributed by atoms with Crippen LogP contribution in [0.3, 0.4) is 0 Å². The maximum Gasteiger partial charge on any atom is 0.230 e. The molecular formula is C10H18N4OS. The van der Waals surface area contributed by atoms with E-state index in [-0.39, 0.29) is 17.2 Å². The molecule has 0 saturated heterocycles. The minimum atomic E-state index is -0.177. The molecule has 1 amide bonds. The van der Waals surface area contributed by atoms with Crippen LogP contribution in [0.5, 0.6) is 0 Å². The Morgan fingerprint density at radius 3 is 2.75 bits per heavy atom. The van der Waals surface area contributed by atoms with E-state index in [0.717, 1.165) is 6.42 Å². The first-order valence-electron chi connectivity index (χ1n) is 5.19. The first-order valence-corrected chi connectivity index (χ1v) is 6.07. The second-order valence-electron chi connectivity index (χ2n) is 4.93. The average molecular weight is 242 g/mol. The van der Waals surface area contributed by atoms with Crippen LogP contribution < -0.4 is 11.1 Å². The lowest BCUT2D eigenvalue weighted by Crippen LogP contribution is -2.32. The number of nitrogens with zero attached hydrogens (tertiary/aromatic N) is 2. The second kappa shape index (κ2) is 5.36. The summed E-state index contributed by atoms with van der Waals surface area (Å²) >= 11 is 1.30. The topological polar surface area (TPSA) is 80.9 Å². The lowest BCUT2D eigenvalue weighted by Gasteiger charge is -2.23. The molecule has 0 aliphatic heterocycles. The van der Waals surface area contributed by atoms with Crippen molar-refractivity contribution in [2.75, 3.05) is 11.9 Å². The molecule has 1 heterocycles. The van der Waals surface area contributed by atoms with E-state index in [1.165, 1.54) is 11.3 Å². The predicted octanol–water partition coefficient (Wildman–Crippen LogP) is 1.49. The first kappa shape index (κ1) is 13.1. The Bertz CT molecular complexity index is 331. The Kier molecular flexibility index (Phi) is 4.37. The molecule has 0 saturated carbocycles. The van der Waals surface area contributed by atoms with Crippen molar-refractivity contribution >= 4 is 22.4 Å². The summed E-state index contributed by atoms with van der Waals surface area (Å²) in [5, 5.41) is 10.7. The molecular weight excluding hydrogens is 224 g/mol. The Hall–Kier alpha value is -1.01. The van der Waals surface area contributed by atoms with E-state index in [1.807, 2.05) is 0 Å². The highest BCUT2D eigenvalue weighted by atomic mass is 32.1. The number of anilines is 1. The lowest BCUT2D eigenvalue weighted by atomic mass is 9.84.